The van der Waals surface area contributed by atoms with Gasteiger partial charge in [-0.25, -0.2) is 8.42 Å². The number of hydrogen-bond acceptors (Lipinski definition) is 3. The zero-order valence-corrected chi connectivity index (χ0v) is 10.9. The molecule has 4 fully saturated rings. The molecule has 4 rings (SSSR count). The highest BCUT2D eigenvalue weighted by Gasteiger charge is 2.56. The van der Waals surface area contributed by atoms with Gasteiger partial charge in [-0.05, 0) is 56.3 Å². The standard InChI is InChI=1S/C13H19NO2S/c14-2-1-3-17(15,16)13-7-10-4-11(8-13)6-12(5-10)9-13/h10-12H,1,3-9H2. The molecule has 0 unspecified atom stereocenters. The van der Waals surface area contributed by atoms with Crippen molar-refractivity contribution >= 4 is 9.84 Å². The van der Waals surface area contributed by atoms with Gasteiger partial charge in [-0.15, -0.1) is 0 Å². The molecule has 0 N–H and O–H groups in total. The smallest absolute Gasteiger partial charge is 0.157 e. The lowest BCUT2D eigenvalue weighted by Crippen LogP contribution is -2.55. The first-order valence-corrected chi connectivity index (χ1v) is 8.29. The highest BCUT2D eigenvalue weighted by atomic mass is 32.2. The summed E-state index contributed by atoms with van der Waals surface area (Å²) in [6.45, 7) is 0. The molecule has 0 amide bonds. The highest BCUT2D eigenvalue weighted by Crippen LogP contribution is 2.58. The summed E-state index contributed by atoms with van der Waals surface area (Å²) < 4.78 is 24.6. The van der Waals surface area contributed by atoms with Gasteiger partial charge in [0, 0.05) is 6.42 Å². The molecule has 0 atom stereocenters. The Morgan fingerprint density at radius 1 is 1.06 bits per heavy atom. The minimum atomic E-state index is -3.06. The van der Waals surface area contributed by atoms with E-state index in [1.54, 1.807) is 0 Å². The molecule has 0 radical (unpaired) electrons. The van der Waals surface area contributed by atoms with Crippen molar-refractivity contribution in [3.63, 3.8) is 0 Å². The summed E-state index contributed by atoms with van der Waals surface area (Å²) in [5.74, 6) is 2.03. The summed E-state index contributed by atoms with van der Waals surface area (Å²) in [6.07, 6.45) is 6.57. The molecule has 3 nitrogen and oxygen atoms in total. The van der Waals surface area contributed by atoms with E-state index in [0.29, 0.717) is 17.8 Å². The Labute approximate surface area is 103 Å². The van der Waals surface area contributed by atoms with Crippen LogP contribution in [0.25, 0.3) is 0 Å². The first kappa shape index (κ1) is 11.5. The van der Waals surface area contributed by atoms with Crippen molar-refractivity contribution < 1.29 is 8.42 Å². The third kappa shape index (κ3) is 1.71. The Hall–Kier alpha value is -0.560. The second-order valence-corrected chi connectivity index (χ2v) is 8.83. The van der Waals surface area contributed by atoms with Crippen LogP contribution in [0, 0.1) is 29.1 Å². The van der Waals surface area contributed by atoms with E-state index in [-0.39, 0.29) is 12.2 Å². The molecule has 4 aliphatic carbocycles. The molecule has 17 heavy (non-hydrogen) atoms. The van der Waals surface area contributed by atoms with Crippen molar-refractivity contribution in [2.45, 2.75) is 49.7 Å². The molecule has 94 valence electrons. The van der Waals surface area contributed by atoms with Crippen molar-refractivity contribution in [3.8, 4) is 6.07 Å². The van der Waals surface area contributed by atoms with Gasteiger partial charge in [0.2, 0.25) is 0 Å². The van der Waals surface area contributed by atoms with Gasteiger partial charge >= 0.3 is 0 Å². The van der Waals surface area contributed by atoms with Gasteiger partial charge in [-0.3, -0.25) is 0 Å². The van der Waals surface area contributed by atoms with E-state index in [9.17, 15) is 8.42 Å². The van der Waals surface area contributed by atoms with E-state index < -0.39 is 14.6 Å². The first-order valence-electron chi connectivity index (χ1n) is 6.64. The fraction of sp³-hybridized carbons (Fsp3) is 0.923. The van der Waals surface area contributed by atoms with Gasteiger partial charge < -0.3 is 0 Å². The summed E-state index contributed by atoms with van der Waals surface area (Å²) in [5, 5.41) is 8.60. The van der Waals surface area contributed by atoms with Gasteiger partial charge in [0.15, 0.2) is 9.84 Å². The van der Waals surface area contributed by atoms with Crippen molar-refractivity contribution in [2.24, 2.45) is 17.8 Å². The summed E-state index contributed by atoms with van der Waals surface area (Å²) in [4.78, 5) is 0. The number of rotatable bonds is 3. The largest absolute Gasteiger partial charge is 0.228 e. The van der Waals surface area contributed by atoms with Gasteiger partial charge in [-0.2, -0.15) is 5.26 Å². The quantitative estimate of drug-likeness (QED) is 0.775. The minimum Gasteiger partial charge on any atom is -0.228 e. The predicted molar refractivity (Wildman–Crippen MR) is 64.9 cm³/mol. The maximum absolute atomic E-state index is 12.5. The Balaban J connectivity index is 1.89. The Bertz CT molecular complexity index is 425. The van der Waals surface area contributed by atoms with Crippen molar-refractivity contribution in [3.05, 3.63) is 0 Å². The molecule has 4 saturated carbocycles. The predicted octanol–water partition coefficient (Wildman–Crippen LogP) is 2.28. The van der Waals surface area contributed by atoms with Crippen LogP contribution >= 0.6 is 0 Å². The first-order chi connectivity index (χ1) is 8.05. The van der Waals surface area contributed by atoms with Crippen LogP contribution < -0.4 is 0 Å². The molecule has 0 aromatic rings. The Morgan fingerprint density at radius 2 is 1.53 bits per heavy atom. The van der Waals surface area contributed by atoms with E-state index >= 15 is 0 Å². The number of sulfone groups is 1. The van der Waals surface area contributed by atoms with Gasteiger partial charge in [0.1, 0.15) is 0 Å². The lowest BCUT2D eigenvalue weighted by Gasteiger charge is -2.55. The molecule has 0 spiro atoms. The maximum atomic E-state index is 12.5. The molecule has 0 saturated heterocycles. The summed E-state index contributed by atoms with van der Waals surface area (Å²) >= 11 is 0. The van der Waals surface area contributed by atoms with E-state index in [1.807, 2.05) is 6.07 Å². The molecule has 0 aromatic carbocycles. The van der Waals surface area contributed by atoms with Crippen LogP contribution in [0.5, 0.6) is 0 Å². The average molecular weight is 253 g/mol. The van der Waals surface area contributed by atoms with Crippen molar-refractivity contribution in [2.75, 3.05) is 5.75 Å². The molecule has 4 heteroatoms. The summed E-state index contributed by atoms with van der Waals surface area (Å²) in [6, 6.07) is 1.98. The molecule has 0 aliphatic heterocycles. The SMILES string of the molecule is N#CCCS(=O)(=O)C12CC3CC(CC(C3)C1)C2. The van der Waals surface area contributed by atoms with Gasteiger partial charge in [0.05, 0.1) is 16.6 Å². The summed E-state index contributed by atoms with van der Waals surface area (Å²) in [5.41, 5.74) is 0. The molecule has 4 bridgehead atoms. The lowest BCUT2D eigenvalue weighted by molar-refractivity contribution is 0.0339. The second-order valence-electron chi connectivity index (χ2n) is 6.33. The van der Waals surface area contributed by atoms with Crippen LogP contribution in [0.1, 0.15) is 44.9 Å². The van der Waals surface area contributed by atoms with Crippen LogP contribution in [-0.4, -0.2) is 18.9 Å². The fourth-order valence-electron chi connectivity index (χ4n) is 4.81. The van der Waals surface area contributed by atoms with Crippen molar-refractivity contribution in [1.82, 2.24) is 0 Å². The molecular weight excluding hydrogens is 234 g/mol. The number of hydrogen-bond donors (Lipinski definition) is 0. The third-order valence-corrected chi connectivity index (χ3v) is 7.69. The topological polar surface area (TPSA) is 57.9 Å². The van der Waals surface area contributed by atoms with E-state index in [2.05, 4.69) is 0 Å². The zero-order valence-electron chi connectivity index (χ0n) is 10.1. The Morgan fingerprint density at radius 3 is 1.94 bits per heavy atom. The molecule has 0 aromatic heterocycles. The van der Waals surface area contributed by atoms with E-state index in [1.165, 1.54) is 19.3 Å². The van der Waals surface area contributed by atoms with Crippen LogP contribution in [-0.2, 0) is 9.84 Å². The average Bonchev–Trinajstić information content (AvgIpc) is 2.24. The number of nitrogens with zero attached hydrogens (tertiary/aromatic N) is 1. The third-order valence-electron chi connectivity index (χ3n) is 5.12. The van der Waals surface area contributed by atoms with Gasteiger partial charge in [-0.1, -0.05) is 0 Å². The van der Waals surface area contributed by atoms with E-state index in [4.69, 9.17) is 5.26 Å². The fourth-order valence-corrected chi connectivity index (χ4v) is 7.07. The van der Waals surface area contributed by atoms with Crippen LogP contribution in [0.3, 0.4) is 0 Å². The molecule has 0 heterocycles. The monoisotopic (exact) mass is 253 g/mol. The van der Waals surface area contributed by atoms with E-state index in [0.717, 1.165) is 19.3 Å². The minimum absolute atomic E-state index is 0.0790. The second kappa shape index (κ2) is 3.71. The normalized spacial score (nSPS) is 43.6. The maximum Gasteiger partial charge on any atom is 0.157 e. The lowest BCUT2D eigenvalue weighted by atomic mass is 9.56. The molecule has 4 aliphatic rings. The van der Waals surface area contributed by atoms with Crippen LogP contribution in [0.15, 0.2) is 0 Å². The van der Waals surface area contributed by atoms with Crippen LogP contribution in [0.4, 0.5) is 0 Å². The summed E-state index contributed by atoms with van der Waals surface area (Å²) in [7, 11) is -3.06. The molecular formula is C13H19NO2S. The van der Waals surface area contributed by atoms with Gasteiger partial charge in [0.25, 0.3) is 0 Å². The zero-order chi connectivity index (χ0) is 12.1. The highest BCUT2D eigenvalue weighted by molar-refractivity contribution is 7.92. The van der Waals surface area contributed by atoms with Crippen molar-refractivity contribution in [1.29, 1.82) is 5.26 Å². The van der Waals surface area contributed by atoms with Crippen LogP contribution in [0.2, 0.25) is 0 Å². The Kier molecular flexibility index (Phi) is 2.52. The number of nitriles is 1.